The number of aliphatic hydroxyl groups is 1. The third kappa shape index (κ3) is 8.72. The Morgan fingerprint density at radius 3 is 2.17 bits per heavy atom. The van der Waals surface area contributed by atoms with Crippen LogP contribution in [0.4, 0.5) is 0 Å². The maximum Gasteiger partial charge on any atom is 0.0896 e. The Morgan fingerprint density at radius 1 is 0.828 bits per heavy atom. The zero-order chi connectivity index (χ0) is 21.0. The van der Waals surface area contributed by atoms with Crippen LogP contribution >= 0.6 is 0 Å². The Bertz CT molecular complexity index is 663. The molecule has 0 aliphatic rings. The van der Waals surface area contributed by atoms with Gasteiger partial charge in [-0.2, -0.15) is 0 Å². The second-order valence-electron chi connectivity index (χ2n) is 8.78. The molecule has 0 heterocycles. The lowest BCUT2D eigenvalue weighted by atomic mass is 9.84. The third-order valence-corrected chi connectivity index (χ3v) is 5.54. The normalized spacial score (nSPS) is 13.6. The predicted octanol–water partition coefficient (Wildman–Crippen LogP) is 7.04. The maximum atomic E-state index is 11.3. The van der Waals surface area contributed by atoms with Crippen molar-refractivity contribution in [1.29, 1.82) is 0 Å². The molecule has 0 fully saturated rings. The first-order valence-corrected chi connectivity index (χ1v) is 11.5. The average molecular weight is 397 g/mol. The van der Waals surface area contributed by atoms with Gasteiger partial charge in [0.1, 0.15) is 0 Å². The molecule has 0 aliphatic heterocycles. The van der Waals surface area contributed by atoms with Crippen LogP contribution in [0.25, 0.3) is 0 Å². The summed E-state index contributed by atoms with van der Waals surface area (Å²) >= 11 is 0. The summed E-state index contributed by atoms with van der Waals surface area (Å²) in [7, 11) is 0. The standard InChI is InChI=1S/C27H40O2/c1-4-18-27(28,26-16-14-24(15-17-26)21-23(2)3)19-10-5-6-11-20-29-22-25-12-8-7-9-13-25/h7-9,12-17,23,28H,4-6,10-11,18-22H2,1-3H3. The van der Waals surface area contributed by atoms with Gasteiger partial charge in [-0.1, -0.05) is 101 Å². The molecule has 0 amide bonds. The van der Waals surface area contributed by atoms with Crippen molar-refractivity contribution >= 4 is 0 Å². The fourth-order valence-electron chi connectivity index (χ4n) is 3.99. The van der Waals surface area contributed by atoms with E-state index in [0.29, 0.717) is 12.5 Å². The van der Waals surface area contributed by atoms with Crippen molar-refractivity contribution in [3.05, 3.63) is 71.3 Å². The summed E-state index contributed by atoms with van der Waals surface area (Å²) in [5.41, 5.74) is 2.99. The summed E-state index contributed by atoms with van der Waals surface area (Å²) in [4.78, 5) is 0. The molecular weight excluding hydrogens is 356 g/mol. The average Bonchev–Trinajstić information content (AvgIpc) is 2.71. The fourth-order valence-corrected chi connectivity index (χ4v) is 3.99. The molecule has 0 radical (unpaired) electrons. The number of ether oxygens (including phenoxy) is 1. The lowest BCUT2D eigenvalue weighted by Crippen LogP contribution is -2.25. The monoisotopic (exact) mass is 396 g/mol. The first-order valence-electron chi connectivity index (χ1n) is 11.5. The van der Waals surface area contributed by atoms with Crippen LogP contribution in [0.5, 0.6) is 0 Å². The summed E-state index contributed by atoms with van der Waals surface area (Å²) in [6.45, 7) is 8.15. The van der Waals surface area contributed by atoms with E-state index in [1.807, 2.05) is 18.2 Å². The van der Waals surface area contributed by atoms with Crippen LogP contribution in [0.3, 0.4) is 0 Å². The van der Waals surface area contributed by atoms with Gasteiger partial charge in [0.05, 0.1) is 12.2 Å². The lowest BCUT2D eigenvalue weighted by molar-refractivity contribution is 0.0149. The Hall–Kier alpha value is -1.64. The van der Waals surface area contributed by atoms with E-state index in [0.717, 1.165) is 63.5 Å². The number of benzene rings is 2. The quantitative estimate of drug-likeness (QED) is 0.347. The molecule has 0 saturated heterocycles. The molecule has 0 aromatic heterocycles. The minimum atomic E-state index is -0.686. The van der Waals surface area contributed by atoms with Gasteiger partial charge in [-0.3, -0.25) is 0 Å². The van der Waals surface area contributed by atoms with E-state index in [1.54, 1.807) is 0 Å². The molecular formula is C27H40O2. The molecule has 2 rings (SSSR count). The van der Waals surface area contributed by atoms with Gasteiger partial charge in [-0.25, -0.2) is 0 Å². The SMILES string of the molecule is CCCC(O)(CCCCCCOCc1ccccc1)c1ccc(CC(C)C)cc1. The summed E-state index contributed by atoms with van der Waals surface area (Å²) in [5.74, 6) is 0.659. The highest BCUT2D eigenvalue weighted by atomic mass is 16.5. The van der Waals surface area contributed by atoms with Gasteiger partial charge in [-0.15, -0.1) is 0 Å². The van der Waals surface area contributed by atoms with Gasteiger partial charge in [0.25, 0.3) is 0 Å². The second-order valence-corrected chi connectivity index (χ2v) is 8.78. The Morgan fingerprint density at radius 2 is 1.52 bits per heavy atom. The van der Waals surface area contributed by atoms with Crippen LogP contribution in [0.2, 0.25) is 0 Å². The van der Waals surface area contributed by atoms with Gasteiger partial charge < -0.3 is 9.84 Å². The Labute approximate surface area is 178 Å². The fraction of sp³-hybridized carbons (Fsp3) is 0.556. The number of hydrogen-bond donors (Lipinski definition) is 1. The van der Waals surface area contributed by atoms with E-state index in [4.69, 9.17) is 4.74 Å². The first-order chi connectivity index (χ1) is 14.0. The molecule has 0 saturated carbocycles. The molecule has 1 N–H and O–H groups in total. The van der Waals surface area contributed by atoms with E-state index in [9.17, 15) is 5.11 Å². The van der Waals surface area contributed by atoms with Gasteiger partial charge in [0.15, 0.2) is 0 Å². The number of rotatable bonds is 14. The van der Waals surface area contributed by atoms with Crippen molar-refractivity contribution in [3.63, 3.8) is 0 Å². The topological polar surface area (TPSA) is 29.5 Å². The summed E-state index contributed by atoms with van der Waals surface area (Å²) in [6.07, 6.45) is 8.21. The molecule has 2 nitrogen and oxygen atoms in total. The third-order valence-electron chi connectivity index (χ3n) is 5.54. The van der Waals surface area contributed by atoms with E-state index >= 15 is 0 Å². The van der Waals surface area contributed by atoms with Crippen molar-refractivity contribution in [2.24, 2.45) is 5.92 Å². The van der Waals surface area contributed by atoms with Crippen LogP contribution in [-0.2, 0) is 23.4 Å². The van der Waals surface area contributed by atoms with Gasteiger partial charge in [-0.05, 0) is 48.3 Å². The lowest BCUT2D eigenvalue weighted by Gasteiger charge is -2.29. The van der Waals surface area contributed by atoms with Crippen LogP contribution in [0.1, 0.15) is 82.4 Å². The van der Waals surface area contributed by atoms with Crippen LogP contribution in [0.15, 0.2) is 54.6 Å². The van der Waals surface area contributed by atoms with Crippen molar-refractivity contribution < 1.29 is 9.84 Å². The number of hydrogen-bond acceptors (Lipinski definition) is 2. The van der Waals surface area contributed by atoms with Crippen molar-refractivity contribution in [1.82, 2.24) is 0 Å². The highest BCUT2D eigenvalue weighted by Gasteiger charge is 2.27. The highest BCUT2D eigenvalue weighted by Crippen LogP contribution is 2.32. The zero-order valence-electron chi connectivity index (χ0n) is 18.7. The molecule has 0 aliphatic carbocycles. The maximum absolute atomic E-state index is 11.3. The van der Waals surface area contributed by atoms with Gasteiger partial charge in [0, 0.05) is 6.61 Å². The summed E-state index contributed by atoms with van der Waals surface area (Å²) < 4.78 is 5.76. The van der Waals surface area contributed by atoms with Crippen molar-refractivity contribution in [3.8, 4) is 0 Å². The molecule has 1 unspecified atom stereocenters. The summed E-state index contributed by atoms with van der Waals surface area (Å²) in [5, 5.41) is 11.3. The first kappa shape index (κ1) is 23.6. The molecule has 2 aromatic carbocycles. The largest absolute Gasteiger partial charge is 0.385 e. The van der Waals surface area contributed by atoms with Gasteiger partial charge >= 0.3 is 0 Å². The minimum absolute atomic E-state index is 0.659. The van der Waals surface area contributed by atoms with Crippen LogP contribution < -0.4 is 0 Å². The predicted molar refractivity (Wildman–Crippen MR) is 123 cm³/mol. The Kier molecular flexibility index (Phi) is 10.5. The molecule has 0 spiro atoms. The van der Waals surface area contributed by atoms with Crippen LogP contribution in [-0.4, -0.2) is 11.7 Å². The van der Waals surface area contributed by atoms with Crippen molar-refractivity contribution in [2.45, 2.75) is 84.3 Å². The molecule has 2 aromatic rings. The molecule has 0 bridgehead atoms. The van der Waals surface area contributed by atoms with E-state index < -0.39 is 5.60 Å². The molecule has 1 atom stereocenters. The van der Waals surface area contributed by atoms with E-state index in [2.05, 4.69) is 57.2 Å². The van der Waals surface area contributed by atoms with Crippen molar-refractivity contribution in [2.75, 3.05) is 6.61 Å². The van der Waals surface area contributed by atoms with Gasteiger partial charge in [0.2, 0.25) is 0 Å². The van der Waals surface area contributed by atoms with E-state index in [1.165, 1.54) is 11.1 Å². The smallest absolute Gasteiger partial charge is 0.0896 e. The minimum Gasteiger partial charge on any atom is -0.385 e. The van der Waals surface area contributed by atoms with Crippen LogP contribution in [0, 0.1) is 5.92 Å². The highest BCUT2D eigenvalue weighted by molar-refractivity contribution is 5.27. The van der Waals surface area contributed by atoms with E-state index in [-0.39, 0.29) is 0 Å². The summed E-state index contributed by atoms with van der Waals surface area (Å²) in [6, 6.07) is 19.0. The molecule has 29 heavy (non-hydrogen) atoms. The second kappa shape index (κ2) is 12.8. The molecule has 160 valence electrons. The Balaban J connectivity index is 1.69. The zero-order valence-corrected chi connectivity index (χ0v) is 18.7. The molecule has 2 heteroatoms. The number of unbranched alkanes of at least 4 members (excludes halogenated alkanes) is 3.